The molecule has 1 fully saturated rings. The number of hydrogen-bond donors (Lipinski definition) is 1. The van der Waals surface area contributed by atoms with Crippen molar-refractivity contribution in [2.24, 2.45) is 0 Å². The summed E-state index contributed by atoms with van der Waals surface area (Å²) in [5.74, 6) is -0.848. The summed E-state index contributed by atoms with van der Waals surface area (Å²) in [7, 11) is 0. The highest BCUT2D eigenvalue weighted by Gasteiger charge is 2.23. The van der Waals surface area contributed by atoms with Gasteiger partial charge in [0.25, 0.3) is 5.56 Å². The molecule has 0 unspecified atom stereocenters. The van der Waals surface area contributed by atoms with Crippen LogP contribution in [0.4, 0.5) is 10.1 Å². The second-order valence-electron chi connectivity index (χ2n) is 6.99. The molecule has 4 rings (SSSR count). The first-order valence-corrected chi connectivity index (χ1v) is 9.78. The van der Waals surface area contributed by atoms with Gasteiger partial charge < -0.3 is 14.8 Å². The lowest BCUT2D eigenvalue weighted by Gasteiger charge is -2.16. The molecule has 0 saturated carbocycles. The molecule has 0 radical (unpaired) electrons. The normalized spacial score (nSPS) is 15.6. The summed E-state index contributed by atoms with van der Waals surface area (Å²) >= 11 is 0. The zero-order chi connectivity index (χ0) is 21.8. The molecule has 160 valence electrons. The van der Waals surface area contributed by atoms with Gasteiger partial charge in [-0.25, -0.2) is 9.36 Å². The van der Waals surface area contributed by atoms with E-state index in [4.69, 9.17) is 9.47 Å². The summed E-state index contributed by atoms with van der Waals surface area (Å²) in [6.45, 7) is -0.210. The number of anilines is 1. The molecule has 1 saturated heterocycles. The van der Waals surface area contributed by atoms with Crippen molar-refractivity contribution in [1.82, 2.24) is 9.13 Å². The van der Waals surface area contributed by atoms with Gasteiger partial charge >= 0.3 is 5.69 Å². The first-order chi connectivity index (χ1) is 15.0. The van der Waals surface area contributed by atoms with Crippen LogP contribution >= 0.6 is 0 Å². The number of ether oxygens (including phenoxy) is 2. The number of nitrogens with one attached hydrogen (secondary N) is 1. The van der Waals surface area contributed by atoms with E-state index in [1.54, 1.807) is 36.4 Å². The topological polar surface area (TPSA) is 91.6 Å². The van der Waals surface area contributed by atoms with Crippen LogP contribution in [-0.2, 0) is 16.1 Å². The van der Waals surface area contributed by atoms with Crippen LogP contribution in [0.1, 0.15) is 19.1 Å². The molecule has 1 amide bonds. The quantitative estimate of drug-likeness (QED) is 0.656. The predicted molar refractivity (Wildman–Crippen MR) is 111 cm³/mol. The van der Waals surface area contributed by atoms with Crippen molar-refractivity contribution in [2.75, 3.05) is 11.9 Å². The highest BCUT2D eigenvalue weighted by Crippen LogP contribution is 2.29. The lowest BCUT2D eigenvalue weighted by molar-refractivity contribution is -0.116. The van der Waals surface area contributed by atoms with E-state index in [2.05, 4.69) is 5.32 Å². The number of nitrogens with zero attached hydrogens (tertiary/aromatic N) is 2. The third-order valence-corrected chi connectivity index (χ3v) is 4.80. The number of amides is 1. The molecule has 1 atom stereocenters. The van der Waals surface area contributed by atoms with Crippen molar-refractivity contribution >= 4 is 11.6 Å². The molecular weight excluding hydrogens is 405 g/mol. The van der Waals surface area contributed by atoms with E-state index in [1.165, 1.54) is 0 Å². The van der Waals surface area contributed by atoms with E-state index >= 15 is 0 Å². The molecule has 0 spiro atoms. The van der Waals surface area contributed by atoms with E-state index in [9.17, 15) is 18.8 Å². The number of carbonyl (C=O) groups is 1. The van der Waals surface area contributed by atoms with Gasteiger partial charge in [-0.2, -0.15) is 4.39 Å². The zero-order valence-corrected chi connectivity index (χ0v) is 16.5. The van der Waals surface area contributed by atoms with Crippen molar-refractivity contribution in [2.45, 2.75) is 25.6 Å². The largest absolute Gasteiger partial charge is 0.455 e. The van der Waals surface area contributed by atoms with Gasteiger partial charge in [0.05, 0.1) is 11.9 Å². The Morgan fingerprint density at radius 1 is 1.13 bits per heavy atom. The fraction of sp³-hybridized carbons (Fsp3) is 0.227. The molecule has 31 heavy (non-hydrogen) atoms. The number of para-hydroxylation sites is 3. The van der Waals surface area contributed by atoms with E-state index in [1.807, 2.05) is 18.2 Å². The van der Waals surface area contributed by atoms with Gasteiger partial charge in [0, 0.05) is 6.61 Å². The third kappa shape index (κ3) is 4.56. The van der Waals surface area contributed by atoms with E-state index in [0.29, 0.717) is 34.8 Å². The minimum atomic E-state index is -1.16. The Morgan fingerprint density at radius 3 is 2.61 bits per heavy atom. The molecule has 9 heteroatoms. The Hall–Kier alpha value is -3.72. The average Bonchev–Trinajstić information content (AvgIpc) is 3.30. The maximum atomic E-state index is 14.2. The second-order valence-corrected chi connectivity index (χ2v) is 6.99. The van der Waals surface area contributed by atoms with Crippen molar-refractivity contribution in [3.63, 3.8) is 0 Å². The Bertz CT molecular complexity index is 1200. The minimum Gasteiger partial charge on any atom is -0.455 e. The van der Waals surface area contributed by atoms with Gasteiger partial charge in [0.1, 0.15) is 18.5 Å². The van der Waals surface area contributed by atoms with Crippen LogP contribution in [0.25, 0.3) is 0 Å². The minimum absolute atomic E-state index is 0.347. The summed E-state index contributed by atoms with van der Waals surface area (Å²) in [5, 5.41) is 2.62. The Morgan fingerprint density at radius 2 is 1.87 bits per heavy atom. The SMILES string of the molecule is O=C(Cn1c(=O)c(F)cn([C@H]2CCCO2)c1=O)Nc1ccccc1Oc1ccccc1. The first-order valence-electron chi connectivity index (χ1n) is 9.78. The number of rotatable bonds is 6. The van der Waals surface area contributed by atoms with Gasteiger partial charge in [-0.15, -0.1) is 0 Å². The van der Waals surface area contributed by atoms with Gasteiger partial charge in [-0.3, -0.25) is 14.2 Å². The molecule has 3 aromatic rings. The van der Waals surface area contributed by atoms with Crippen LogP contribution in [0.2, 0.25) is 0 Å². The van der Waals surface area contributed by atoms with Crippen LogP contribution in [0.3, 0.4) is 0 Å². The molecule has 1 aliphatic rings. The Labute approximate surface area is 176 Å². The molecule has 1 aromatic heterocycles. The predicted octanol–water partition coefficient (Wildman–Crippen LogP) is 2.89. The van der Waals surface area contributed by atoms with Crippen molar-refractivity contribution < 1.29 is 18.7 Å². The van der Waals surface area contributed by atoms with Crippen molar-refractivity contribution in [1.29, 1.82) is 0 Å². The van der Waals surface area contributed by atoms with Crippen LogP contribution in [0.5, 0.6) is 11.5 Å². The van der Waals surface area contributed by atoms with Gasteiger partial charge in [-0.1, -0.05) is 30.3 Å². The smallest absolute Gasteiger partial charge is 0.333 e. The second kappa shape index (κ2) is 8.97. The maximum absolute atomic E-state index is 14.2. The molecule has 0 bridgehead atoms. The molecular formula is C22H20FN3O5. The fourth-order valence-corrected chi connectivity index (χ4v) is 3.32. The van der Waals surface area contributed by atoms with Gasteiger partial charge in [0.2, 0.25) is 11.7 Å². The van der Waals surface area contributed by atoms with Crippen LogP contribution in [0, 0.1) is 5.82 Å². The molecule has 0 aliphatic carbocycles. The maximum Gasteiger partial charge on any atom is 0.333 e. The molecule has 1 N–H and O–H groups in total. The summed E-state index contributed by atoms with van der Waals surface area (Å²) in [4.78, 5) is 37.5. The lowest BCUT2D eigenvalue weighted by atomic mass is 10.3. The monoisotopic (exact) mass is 425 g/mol. The highest BCUT2D eigenvalue weighted by molar-refractivity contribution is 5.92. The Balaban J connectivity index is 1.56. The molecule has 2 heterocycles. The van der Waals surface area contributed by atoms with Crippen LogP contribution in [0.15, 0.2) is 70.4 Å². The average molecular weight is 425 g/mol. The van der Waals surface area contributed by atoms with Crippen LogP contribution < -0.4 is 21.3 Å². The third-order valence-electron chi connectivity index (χ3n) is 4.80. The van der Waals surface area contributed by atoms with Gasteiger partial charge in [0.15, 0.2) is 5.75 Å². The molecule has 1 aliphatic heterocycles. The highest BCUT2D eigenvalue weighted by atomic mass is 19.1. The van der Waals surface area contributed by atoms with Crippen LogP contribution in [-0.4, -0.2) is 21.6 Å². The van der Waals surface area contributed by atoms with Gasteiger partial charge in [-0.05, 0) is 37.1 Å². The molecule has 2 aromatic carbocycles. The Kier molecular flexibility index (Phi) is 5.94. The van der Waals surface area contributed by atoms with E-state index in [-0.39, 0.29) is 0 Å². The standard InChI is InChI=1S/C22H20FN3O5/c23-16-13-25(20-11-6-12-30-20)22(29)26(21(16)28)14-19(27)24-17-9-4-5-10-18(17)31-15-7-2-1-3-8-15/h1-5,7-10,13,20H,6,11-12,14H2,(H,24,27)/t20-/m1/s1. The fourth-order valence-electron chi connectivity index (χ4n) is 3.32. The summed E-state index contributed by atoms with van der Waals surface area (Å²) in [5.41, 5.74) is -1.62. The van der Waals surface area contributed by atoms with Crippen molar-refractivity contribution in [3.05, 3.63) is 87.4 Å². The number of hydrogen-bond acceptors (Lipinski definition) is 5. The first kappa shape index (κ1) is 20.5. The summed E-state index contributed by atoms with van der Waals surface area (Å²) in [6, 6.07) is 15.7. The molecule has 8 nitrogen and oxygen atoms in total. The number of halogens is 1. The lowest BCUT2D eigenvalue weighted by Crippen LogP contribution is -2.44. The number of aromatic nitrogens is 2. The van der Waals surface area contributed by atoms with E-state index in [0.717, 1.165) is 17.2 Å². The summed E-state index contributed by atoms with van der Waals surface area (Å²) in [6.07, 6.45) is 1.42. The number of carbonyl (C=O) groups excluding carboxylic acids is 1. The van der Waals surface area contributed by atoms with Crippen molar-refractivity contribution in [3.8, 4) is 11.5 Å². The number of benzene rings is 2. The zero-order valence-electron chi connectivity index (χ0n) is 16.5. The van der Waals surface area contributed by atoms with E-state index < -0.39 is 35.7 Å². The summed E-state index contributed by atoms with van der Waals surface area (Å²) < 4.78 is 26.9.